The first-order valence-electron chi connectivity index (χ1n) is 7.90. The molecule has 3 aromatic rings. The van der Waals surface area contributed by atoms with Gasteiger partial charge in [-0.25, -0.2) is 4.98 Å². The van der Waals surface area contributed by atoms with E-state index >= 15 is 0 Å². The Kier molecular flexibility index (Phi) is 3.34. The van der Waals surface area contributed by atoms with E-state index in [0.29, 0.717) is 0 Å². The lowest BCUT2D eigenvalue weighted by atomic mass is 10.0. The minimum absolute atomic E-state index is 0.195. The van der Waals surface area contributed by atoms with Gasteiger partial charge in [0.25, 0.3) is 0 Å². The van der Waals surface area contributed by atoms with Crippen LogP contribution in [0, 0.1) is 13.8 Å². The lowest BCUT2D eigenvalue weighted by molar-refractivity contribution is 0.368. The second-order valence-corrected chi connectivity index (χ2v) is 6.06. The van der Waals surface area contributed by atoms with Crippen LogP contribution in [-0.2, 0) is 11.2 Å². The number of rotatable bonds is 4. The summed E-state index contributed by atoms with van der Waals surface area (Å²) in [7, 11) is 1.71. The van der Waals surface area contributed by atoms with Gasteiger partial charge in [0, 0.05) is 23.9 Å². The molecule has 0 N–H and O–H groups in total. The molecule has 3 heterocycles. The third-order valence-corrected chi connectivity index (χ3v) is 4.64. The highest BCUT2D eigenvalue weighted by Gasteiger charge is 2.40. The third kappa shape index (κ3) is 2.39. The van der Waals surface area contributed by atoms with Crippen molar-refractivity contribution in [2.45, 2.75) is 32.5 Å². The van der Waals surface area contributed by atoms with Crippen LogP contribution in [0.3, 0.4) is 0 Å². The van der Waals surface area contributed by atoms with Crippen LogP contribution in [0.1, 0.15) is 28.6 Å². The molecule has 23 heavy (non-hydrogen) atoms. The van der Waals surface area contributed by atoms with Crippen molar-refractivity contribution in [1.29, 1.82) is 0 Å². The van der Waals surface area contributed by atoms with Crippen LogP contribution in [0.25, 0.3) is 5.65 Å². The smallest absolute Gasteiger partial charge is 0.180 e. The largest absolute Gasteiger partial charge is 0.493 e. The molecule has 2 atom stereocenters. The number of ether oxygens (including phenoxy) is 2. The molecule has 1 aliphatic rings. The van der Waals surface area contributed by atoms with Crippen molar-refractivity contribution in [3.05, 3.63) is 65.1 Å². The van der Waals surface area contributed by atoms with E-state index in [0.717, 1.165) is 34.8 Å². The molecule has 1 aliphatic heterocycles. The molecule has 4 rings (SSSR count). The van der Waals surface area contributed by atoms with Gasteiger partial charge in [-0.2, -0.15) is 0 Å². The predicted molar refractivity (Wildman–Crippen MR) is 89.0 cm³/mol. The molecule has 0 radical (unpaired) electrons. The zero-order chi connectivity index (χ0) is 16.0. The number of epoxide rings is 1. The molecular weight excluding hydrogens is 288 g/mol. The fraction of sp³-hybridized carbons (Fsp3) is 0.316. The van der Waals surface area contributed by atoms with Crippen molar-refractivity contribution in [1.82, 2.24) is 9.38 Å². The summed E-state index contributed by atoms with van der Waals surface area (Å²) in [4.78, 5) is 4.65. The summed E-state index contributed by atoms with van der Waals surface area (Å²) in [5.41, 5.74) is 5.45. The Bertz CT molecular complexity index is 855. The van der Waals surface area contributed by atoms with Crippen LogP contribution in [0.2, 0.25) is 0 Å². The van der Waals surface area contributed by atoms with E-state index in [4.69, 9.17) is 9.47 Å². The molecule has 2 aromatic heterocycles. The van der Waals surface area contributed by atoms with E-state index in [1.165, 1.54) is 5.56 Å². The average Bonchev–Trinajstić information content (AvgIpc) is 3.28. The van der Waals surface area contributed by atoms with Crippen molar-refractivity contribution < 1.29 is 9.47 Å². The molecule has 0 aliphatic carbocycles. The fourth-order valence-electron chi connectivity index (χ4n) is 3.19. The molecule has 0 saturated carbocycles. The maximum absolute atomic E-state index is 5.86. The van der Waals surface area contributed by atoms with Gasteiger partial charge < -0.3 is 13.9 Å². The summed E-state index contributed by atoms with van der Waals surface area (Å²) in [6.45, 7) is 4.10. The van der Waals surface area contributed by atoms with Crippen molar-refractivity contribution in [3.8, 4) is 5.75 Å². The maximum atomic E-state index is 5.86. The number of aryl methyl sites for hydroxylation is 2. The number of methoxy groups -OCH3 is 1. The van der Waals surface area contributed by atoms with Gasteiger partial charge in [0.15, 0.2) is 11.4 Å². The fourth-order valence-corrected chi connectivity index (χ4v) is 3.19. The number of imidazole rings is 1. The SMILES string of the molecule is COc1c(CC2OC2c2ccccc2)ccn2c(C)c(C)nc12. The number of fused-ring (bicyclic) bond motifs is 1. The quantitative estimate of drug-likeness (QED) is 0.691. The highest BCUT2D eigenvalue weighted by molar-refractivity contribution is 5.60. The average molecular weight is 308 g/mol. The summed E-state index contributed by atoms with van der Waals surface area (Å²) in [6, 6.07) is 12.5. The highest BCUT2D eigenvalue weighted by atomic mass is 16.6. The topological polar surface area (TPSA) is 39.1 Å². The normalized spacial score (nSPS) is 20.0. The van der Waals surface area contributed by atoms with Gasteiger partial charge in [0.05, 0.1) is 18.9 Å². The summed E-state index contributed by atoms with van der Waals surface area (Å²) in [5, 5.41) is 0. The zero-order valence-electron chi connectivity index (χ0n) is 13.6. The molecule has 0 bridgehead atoms. The van der Waals surface area contributed by atoms with E-state index < -0.39 is 0 Å². The third-order valence-electron chi connectivity index (χ3n) is 4.64. The number of hydrogen-bond donors (Lipinski definition) is 0. The van der Waals surface area contributed by atoms with E-state index in [1.807, 2.05) is 13.0 Å². The monoisotopic (exact) mass is 308 g/mol. The second-order valence-electron chi connectivity index (χ2n) is 6.06. The van der Waals surface area contributed by atoms with Crippen LogP contribution >= 0.6 is 0 Å². The Labute approximate surface area is 135 Å². The molecule has 1 fully saturated rings. The van der Waals surface area contributed by atoms with Gasteiger partial charge in [-0.1, -0.05) is 30.3 Å². The number of aromatic nitrogens is 2. The van der Waals surface area contributed by atoms with E-state index in [-0.39, 0.29) is 12.2 Å². The summed E-state index contributed by atoms with van der Waals surface area (Å²) < 4.78 is 13.6. The lowest BCUT2D eigenvalue weighted by Crippen LogP contribution is -2.02. The van der Waals surface area contributed by atoms with Gasteiger partial charge in [0.2, 0.25) is 0 Å². The van der Waals surface area contributed by atoms with Gasteiger partial charge >= 0.3 is 0 Å². The van der Waals surface area contributed by atoms with Crippen LogP contribution < -0.4 is 4.74 Å². The van der Waals surface area contributed by atoms with Crippen molar-refractivity contribution in [2.75, 3.05) is 7.11 Å². The molecule has 4 nitrogen and oxygen atoms in total. The molecule has 1 aromatic carbocycles. The Morgan fingerprint density at radius 3 is 2.70 bits per heavy atom. The number of benzene rings is 1. The number of hydrogen-bond acceptors (Lipinski definition) is 3. The van der Waals surface area contributed by atoms with E-state index in [9.17, 15) is 0 Å². The van der Waals surface area contributed by atoms with Crippen LogP contribution in [0.4, 0.5) is 0 Å². The van der Waals surface area contributed by atoms with Crippen molar-refractivity contribution in [3.63, 3.8) is 0 Å². The molecule has 118 valence electrons. The van der Waals surface area contributed by atoms with Crippen LogP contribution in [0.5, 0.6) is 5.75 Å². The maximum Gasteiger partial charge on any atom is 0.180 e. The minimum Gasteiger partial charge on any atom is -0.493 e. The molecule has 1 saturated heterocycles. The zero-order valence-corrected chi connectivity index (χ0v) is 13.6. The molecular formula is C19H20N2O2. The van der Waals surface area contributed by atoms with Crippen LogP contribution in [0.15, 0.2) is 42.6 Å². The summed E-state index contributed by atoms with van der Waals surface area (Å²) in [6.07, 6.45) is 3.32. The first-order valence-corrected chi connectivity index (χ1v) is 7.90. The predicted octanol–water partition coefficient (Wildman–Crippen LogP) is 3.64. The Hall–Kier alpha value is -2.33. The first kappa shape index (κ1) is 14.3. The second kappa shape index (κ2) is 5.39. The lowest BCUT2D eigenvalue weighted by Gasteiger charge is -2.09. The molecule has 0 spiro atoms. The van der Waals surface area contributed by atoms with Gasteiger partial charge in [-0.3, -0.25) is 0 Å². The summed E-state index contributed by atoms with van der Waals surface area (Å²) in [5.74, 6) is 0.853. The Balaban J connectivity index is 1.63. The highest BCUT2D eigenvalue weighted by Crippen LogP contribution is 2.42. The Morgan fingerprint density at radius 1 is 1.17 bits per heavy atom. The Morgan fingerprint density at radius 2 is 1.96 bits per heavy atom. The summed E-state index contributed by atoms with van der Waals surface area (Å²) >= 11 is 0. The molecule has 4 heteroatoms. The number of nitrogens with zero attached hydrogens (tertiary/aromatic N) is 2. The molecule has 0 amide bonds. The molecule has 2 unspecified atom stereocenters. The first-order chi connectivity index (χ1) is 11.2. The van der Waals surface area contributed by atoms with E-state index in [2.05, 4.69) is 52.8 Å². The van der Waals surface area contributed by atoms with Gasteiger partial charge in [-0.05, 0) is 25.5 Å². The number of pyridine rings is 1. The minimum atomic E-state index is 0.195. The standard InChI is InChI=1S/C19H20N2O2/c1-12-13(2)21-10-9-15(18(22-3)19(21)20-12)11-16-17(23-16)14-7-5-4-6-8-14/h4-10,16-17H,11H2,1-3H3. The van der Waals surface area contributed by atoms with Gasteiger partial charge in [-0.15, -0.1) is 0 Å². The van der Waals surface area contributed by atoms with Crippen LogP contribution in [-0.4, -0.2) is 22.6 Å². The van der Waals surface area contributed by atoms with Crippen molar-refractivity contribution >= 4 is 5.65 Å². The van der Waals surface area contributed by atoms with E-state index in [1.54, 1.807) is 7.11 Å². The van der Waals surface area contributed by atoms with Gasteiger partial charge in [0.1, 0.15) is 6.10 Å². The van der Waals surface area contributed by atoms with Crippen molar-refractivity contribution in [2.24, 2.45) is 0 Å².